The summed E-state index contributed by atoms with van der Waals surface area (Å²) < 4.78 is 47.9. The van der Waals surface area contributed by atoms with E-state index in [2.05, 4.69) is 10.3 Å². The average molecular weight is 451 g/mol. The summed E-state index contributed by atoms with van der Waals surface area (Å²) in [4.78, 5) is 4.45. The van der Waals surface area contributed by atoms with Gasteiger partial charge in [-0.25, -0.2) is 0 Å². The van der Waals surface area contributed by atoms with Gasteiger partial charge in [-0.15, -0.1) is 0 Å². The summed E-state index contributed by atoms with van der Waals surface area (Å²) in [6.07, 6.45) is -4.85. The zero-order valence-corrected chi connectivity index (χ0v) is 18.3. The van der Waals surface area contributed by atoms with Crippen molar-refractivity contribution in [3.63, 3.8) is 0 Å². The SMILES string of the molecule is CCSC[C@@](O)([C@@H](Nc1cccc2nc(C)ccc12)c1ccc(OC)cc1)C(F)(F)F. The van der Waals surface area contributed by atoms with E-state index < -0.39 is 23.6 Å². The average Bonchev–Trinajstić information content (AvgIpc) is 2.75. The topological polar surface area (TPSA) is 54.4 Å². The smallest absolute Gasteiger partial charge is 0.420 e. The normalized spacial score (nSPS) is 14.8. The molecule has 0 fully saturated rings. The molecule has 0 saturated carbocycles. The Hall–Kier alpha value is -2.45. The first-order chi connectivity index (χ1) is 14.7. The Balaban J connectivity index is 2.13. The number of thioether (sulfide) groups is 1. The van der Waals surface area contributed by atoms with Gasteiger partial charge in [0, 0.05) is 22.5 Å². The number of aliphatic hydroxyl groups is 1. The highest BCUT2D eigenvalue weighted by Gasteiger charge is 2.59. The predicted molar refractivity (Wildman–Crippen MR) is 120 cm³/mol. The number of fused-ring (bicyclic) bond motifs is 1. The standard InChI is InChI=1S/C23H25F3N2O2S/c1-4-31-14-22(29,23(24,25)26)21(16-9-11-17(30-3)12-10-16)28-20-7-5-6-19-18(20)13-8-15(2)27-19/h5-13,21,28-29H,4,14H2,1-3H3/t21-,22+/m0/s1. The summed E-state index contributed by atoms with van der Waals surface area (Å²) in [5.74, 6) is 0.468. The summed E-state index contributed by atoms with van der Waals surface area (Å²) in [7, 11) is 1.49. The Morgan fingerprint density at radius 2 is 1.81 bits per heavy atom. The fourth-order valence-electron chi connectivity index (χ4n) is 3.40. The molecule has 3 rings (SSSR count). The molecule has 31 heavy (non-hydrogen) atoms. The van der Waals surface area contributed by atoms with E-state index in [-0.39, 0.29) is 0 Å². The monoisotopic (exact) mass is 450 g/mol. The summed E-state index contributed by atoms with van der Waals surface area (Å²) in [6.45, 7) is 3.61. The van der Waals surface area contributed by atoms with E-state index in [0.717, 1.165) is 17.5 Å². The van der Waals surface area contributed by atoms with Crippen molar-refractivity contribution < 1.29 is 23.0 Å². The number of pyridine rings is 1. The van der Waals surface area contributed by atoms with Crippen LogP contribution in [0.4, 0.5) is 18.9 Å². The lowest BCUT2D eigenvalue weighted by Gasteiger charge is -2.39. The van der Waals surface area contributed by atoms with Crippen molar-refractivity contribution in [3.8, 4) is 5.75 Å². The summed E-state index contributed by atoms with van der Waals surface area (Å²) in [6, 6.07) is 13.7. The lowest BCUT2D eigenvalue weighted by atomic mass is 9.88. The number of nitrogens with one attached hydrogen (secondary N) is 1. The molecular formula is C23H25F3N2O2S. The lowest BCUT2D eigenvalue weighted by Crippen LogP contribution is -2.54. The van der Waals surface area contributed by atoms with Crippen molar-refractivity contribution >= 4 is 28.4 Å². The van der Waals surface area contributed by atoms with Crippen molar-refractivity contribution in [3.05, 3.63) is 65.9 Å². The van der Waals surface area contributed by atoms with Crippen LogP contribution in [0.25, 0.3) is 10.9 Å². The lowest BCUT2D eigenvalue weighted by molar-refractivity contribution is -0.256. The van der Waals surface area contributed by atoms with E-state index in [4.69, 9.17) is 4.74 Å². The molecule has 0 aliphatic rings. The Bertz CT molecular complexity index is 1030. The van der Waals surface area contributed by atoms with Crippen LogP contribution >= 0.6 is 11.8 Å². The van der Waals surface area contributed by atoms with E-state index >= 15 is 0 Å². The van der Waals surface area contributed by atoms with Gasteiger partial charge in [-0.1, -0.05) is 25.1 Å². The van der Waals surface area contributed by atoms with Crippen LogP contribution < -0.4 is 10.1 Å². The highest BCUT2D eigenvalue weighted by atomic mass is 32.2. The molecule has 0 bridgehead atoms. The molecule has 0 aliphatic heterocycles. The Morgan fingerprint density at radius 1 is 1.10 bits per heavy atom. The molecule has 2 atom stereocenters. The van der Waals surface area contributed by atoms with Gasteiger partial charge in [0.25, 0.3) is 0 Å². The number of benzene rings is 2. The van der Waals surface area contributed by atoms with E-state index in [1.807, 2.05) is 13.0 Å². The highest BCUT2D eigenvalue weighted by molar-refractivity contribution is 7.99. The molecule has 0 amide bonds. The molecule has 166 valence electrons. The zero-order valence-electron chi connectivity index (χ0n) is 17.5. The molecule has 1 heterocycles. The summed E-state index contributed by atoms with van der Waals surface area (Å²) in [5.41, 5.74) is -0.758. The molecule has 2 N–H and O–H groups in total. The van der Waals surface area contributed by atoms with Crippen molar-refractivity contribution in [2.75, 3.05) is 23.9 Å². The number of halogens is 3. The van der Waals surface area contributed by atoms with Crippen molar-refractivity contribution in [2.24, 2.45) is 0 Å². The van der Waals surface area contributed by atoms with E-state index in [0.29, 0.717) is 33.7 Å². The van der Waals surface area contributed by atoms with E-state index in [1.54, 1.807) is 43.3 Å². The molecule has 8 heteroatoms. The van der Waals surface area contributed by atoms with Crippen LogP contribution in [0.3, 0.4) is 0 Å². The summed E-state index contributed by atoms with van der Waals surface area (Å²) >= 11 is 1.04. The van der Waals surface area contributed by atoms with Crippen molar-refractivity contribution in [1.82, 2.24) is 4.98 Å². The van der Waals surface area contributed by atoms with E-state index in [1.165, 1.54) is 19.2 Å². The molecule has 0 spiro atoms. The van der Waals surface area contributed by atoms with E-state index in [9.17, 15) is 18.3 Å². The van der Waals surface area contributed by atoms with Crippen LogP contribution in [-0.4, -0.2) is 40.5 Å². The number of hydrogen-bond donors (Lipinski definition) is 2. The molecule has 4 nitrogen and oxygen atoms in total. The minimum absolute atomic E-state index is 0.300. The van der Waals surface area contributed by atoms with Gasteiger partial charge in [0.1, 0.15) is 5.75 Å². The van der Waals surface area contributed by atoms with Gasteiger partial charge in [0.15, 0.2) is 5.60 Å². The largest absolute Gasteiger partial charge is 0.497 e. The van der Waals surface area contributed by atoms with Gasteiger partial charge in [0.2, 0.25) is 0 Å². The zero-order chi connectivity index (χ0) is 22.6. The minimum Gasteiger partial charge on any atom is -0.497 e. The number of anilines is 1. The molecule has 0 radical (unpaired) electrons. The van der Waals surface area contributed by atoms with Crippen LogP contribution in [0.15, 0.2) is 54.6 Å². The second kappa shape index (κ2) is 9.36. The molecule has 0 unspecified atom stereocenters. The Morgan fingerprint density at radius 3 is 2.42 bits per heavy atom. The van der Waals surface area contributed by atoms with Crippen LogP contribution in [-0.2, 0) is 0 Å². The van der Waals surface area contributed by atoms with Gasteiger partial charge in [0.05, 0.1) is 18.7 Å². The van der Waals surface area contributed by atoms with Crippen LogP contribution in [0.2, 0.25) is 0 Å². The number of hydrogen-bond acceptors (Lipinski definition) is 5. The first-order valence-electron chi connectivity index (χ1n) is 9.83. The molecule has 1 aromatic heterocycles. The molecule has 2 aromatic carbocycles. The second-order valence-corrected chi connectivity index (χ2v) is 8.51. The number of aromatic nitrogens is 1. The number of nitrogens with zero attached hydrogens (tertiary/aromatic N) is 1. The van der Waals surface area contributed by atoms with Crippen LogP contribution in [0, 0.1) is 6.92 Å². The molecule has 0 aliphatic carbocycles. The first-order valence-corrected chi connectivity index (χ1v) is 11.0. The quantitative estimate of drug-likeness (QED) is 0.458. The van der Waals surface area contributed by atoms with Crippen molar-refractivity contribution in [2.45, 2.75) is 31.7 Å². The van der Waals surface area contributed by atoms with Gasteiger partial charge < -0.3 is 15.2 Å². The fourth-order valence-corrected chi connectivity index (χ4v) is 4.25. The molecule has 0 saturated heterocycles. The van der Waals surface area contributed by atoms with Gasteiger partial charge in [-0.05, 0) is 54.6 Å². The molecular weight excluding hydrogens is 425 g/mol. The van der Waals surface area contributed by atoms with Gasteiger partial charge in [-0.2, -0.15) is 24.9 Å². The number of alkyl halides is 3. The third kappa shape index (κ3) is 4.91. The van der Waals surface area contributed by atoms with Crippen molar-refractivity contribution in [1.29, 1.82) is 0 Å². The third-order valence-corrected chi connectivity index (χ3v) is 6.17. The predicted octanol–water partition coefficient (Wildman–Crippen LogP) is 5.75. The van der Waals surface area contributed by atoms with Gasteiger partial charge in [-0.3, -0.25) is 4.98 Å². The number of methoxy groups -OCH3 is 1. The minimum atomic E-state index is -4.85. The third-order valence-electron chi connectivity index (χ3n) is 5.11. The Kier molecular flexibility index (Phi) is 7.01. The van der Waals surface area contributed by atoms with Crippen LogP contribution in [0.1, 0.15) is 24.2 Å². The number of ether oxygens (including phenoxy) is 1. The first kappa shape index (κ1) is 23.2. The highest BCUT2D eigenvalue weighted by Crippen LogP contribution is 2.44. The Labute approximate surface area is 183 Å². The fraction of sp³-hybridized carbons (Fsp3) is 0.348. The maximum atomic E-state index is 14.2. The number of rotatable bonds is 8. The summed E-state index contributed by atoms with van der Waals surface area (Å²) in [5, 5.41) is 14.7. The second-order valence-electron chi connectivity index (χ2n) is 7.23. The maximum absolute atomic E-state index is 14.2. The van der Waals surface area contributed by atoms with Crippen LogP contribution in [0.5, 0.6) is 5.75 Å². The van der Waals surface area contributed by atoms with Gasteiger partial charge >= 0.3 is 6.18 Å². The molecule has 3 aromatic rings. The maximum Gasteiger partial charge on any atom is 0.420 e. The number of aryl methyl sites for hydroxylation is 1.